The third-order valence-electron chi connectivity index (χ3n) is 6.56. The first-order valence-electron chi connectivity index (χ1n) is 11.7. The van der Waals surface area contributed by atoms with E-state index in [1.54, 1.807) is 0 Å². The molecule has 2 aliphatic rings. The first-order valence-corrected chi connectivity index (χ1v) is 11.7. The van der Waals surface area contributed by atoms with Crippen molar-refractivity contribution in [3.8, 4) is 0 Å². The zero-order chi connectivity index (χ0) is 23.2. The van der Waals surface area contributed by atoms with E-state index in [9.17, 15) is 9.59 Å². The van der Waals surface area contributed by atoms with Gasteiger partial charge in [-0.1, -0.05) is 48.5 Å². The predicted molar refractivity (Wildman–Crippen MR) is 131 cm³/mol. The molecule has 4 amide bonds. The van der Waals surface area contributed by atoms with Crippen molar-refractivity contribution < 1.29 is 9.59 Å². The smallest absolute Gasteiger partial charge is 0.330 e. The lowest BCUT2D eigenvalue weighted by atomic mass is 9.95. The molecule has 1 fully saturated rings. The molecule has 7 nitrogen and oxygen atoms in total. The first kappa shape index (κ1) is 22.9. The number of carbonyl (C=O) groups is 2. The average Bonchev–Trinajstić information content (AvgIpc) is 2.85. The van der Waals surface area contributed by atoms with Gasteiger partial charge >= 0.3 is 12.1 Å². The topological polar surface area (TPSA) is 76.7 Å². The zero-order valence-corrected chi connectivity index (χ0v) is 19.4. The Bertz CT molecular complexity index is 984. The molecule has 2 aliphatic heterocycles. The molecule has 2 aromatic carbocycles. The average molecular weight is 448 g/mol. The highest BCUT2D eigenvalue weighted by Gasteiger charge is 2.36. The Hall–Kier alpha value is -3.32. The van der Waals surface area contributed by atoms with Crippen LogP contribution in [0.1, 0.15) is 38.3 Å². The van der Waals surface area contributed by atoms with Gasteiger partial charge in [-0.3, -0.25) is 0 Å². The second kappa shape index (κ2) is 10.5. The maximum atomic E-state index is 13.0. The van der Waals surface area contributed by atoms with Crippen molar-refractivity contribution in [3.63, 3.8) is 0 Å². The highest BCUT2D eigenvalue weighted by atomic mass is 16.2. The molecule has 0 aliphatic carbocycles. The molecule has 0 unspecified atom stereocenters. The van der Waals surface area contributed by atoms with Crippen LogP contribution in [0.2, 0.25) is 0 Å². The number of nitrogens with one attached hydrogen (secondary N) is 3. The Morgan fingerprint density at radius 3 is 2.27 bits per heavy atom. The van der Waals surface area contributed by atoms with E-state index in [1.807, 2.05) is 50.2 Å². The minimum Gasteiger partial charge on any atom is -0.371 e. The summed E-state index contributed by atoms with van der Waals surface area (Å²) in [7, 11) is 0. The van der Waals surface area contributed by atoms with Gasteiger partial charge < -0.3 is 20.9 Å². The molecule has 33 heavy (non-hydrogen) atoms. The molecule has 0 spiro atoms. The fourth-order valence-electron chi connectivity index (χ4n) is 4.59. The van der Waals surface area contributed by atoms with Crippen molar-refractivity contribution in [2.75, 3.05) is 31.1 Å². The number of imide groups is 1. The summed E-state index contributed by atoms with van der Waals surface area (Å²) < 4.78 is 0. The van der Waals surface area contributed by atoms with Crippen LogP contribution in [0, 0.1) is 0 Å². The van der Waals surface area contributed by atoms with Crippen LogP contribution in [0.5, 0.6) is 0 Å². The number of benzene rings is 2. The van der Waals surface area contributed by atoms with Gasteiger partial charge in [-0.2, -0.15) is 0 Å². The van der Waals surface area contributed by atoms with Crippen LogP contribution >= 0.6 is 0 Å². The maximum absolute atomic E-state index is 13.0. The van der Waals surface area contributed by atoms with Gasteiger partial charge in [0, 0.05) is 43.6 Å². The number of allylic oxidation sites excluding steroid dienone is 1. The molecule has 174 valence electrons. The molecule has 4 rings (SSSR count). The summed E-state index contributed by atoms with van der Waals surface area (Å²) in [6.45, 7) is 6.99. The Morgan fingerprint density at radius 1 is 0.970 bits per heavy atom. The summed E-state index contributed by atoms with van der Waals surface area (Å²) >= 11 is 0. The maximum Gasteiger partial charge on any atom is 0.330 e. The second-order valence-electron chi connectivity index (χ2n) is 8.70. The van der Waals surface area contributed by atoms with E-state index in [0.717, 1.165) is 42.8 Å². The van der Waals surface area contributed by atoms with Crippen LogP contribution in [-0.4, -0.2) is 49.2 Å². The number of para-hydroxylation sites is 1. The lowest BCUT2D eigenvalue weighted by Gasteiger charge is -2.36. The van der Waals surface area contributed by atoms with Gasteiger partial charge in [0.15, 0.2) is 0 Å². The Morgan fingerprint density at radius 2 is 1.61 bits per heavy atom. The van der Waals surface area contributed by atoms with E-state index >= 15 is 0 Å². The lowest BCUT2D eigenvalue weighted by Crippen LogP contribution is -2.54. The molecule has 3 N–H and O–H groups in total. The number of piperidine rings is 1. The molecular formula is C26H33N5O2. The van der Waals surface area contributed by atoms with E-state index < -0.39 is 12.1 Å². The number of rotatable bonds is 6. The second-order valence-corrected chi connectivity index (χ2v) is 8.70. The van der Waals surface area contributed by atoms with Gasteiger partial charge in [0.2, 0.25) is 0 Å². The minimum atomic E-state index is -0.407. The number of carbonyl (C=O) groups excluding carboxylic acids is 2. The van der Waals surface area contributed by atoms with Crippen LogP contribution < -0.4 is 20.9 Å². The Balaban J connectivity index is 1.27. The zero-order valence-electron chi connectivity index (χ0n) is 19.4. The molecule has 0 aromatic heterocycles. The normalized spacial score (nSPS) is 19.5. The fraction of sp³-hybridized carbons (Fsp3) is 0.385. The van der Waals surface area contributed by atoms with Gasteiger partial charge in [-0.05, 0) is 50.0 Å². The molecular weight excluding hydrogens is 414 g/mol. The predicted octanol–water partition coefficient (Wildman–Crippen LogP) is 4.02. The van der Waals surface area contributed by atoms with Crippen molar-refractivity contribution >= 4 is 17.7 Å². The molecule has 2 aromatic rings. The highest BCUT2D eigenvalue weighted by Crippen LogP contribution is 2.32. The highest BCUT2D eigenvalue weighted by molar-refractivity contribution is 5.96. The lowest BCUT2D eigenvalue weighted by molar-refractivity contribution is 0.172. The standard InChI is InChI=1S/C26H33N5O2/c1-19-20(2)29-26(33)31(24(19)21-9-5-3-6-10-21)25(32)28-16-15-27-22-13-17-30(18-14-22)23-11-7-4-8-12-23/h3-12,22,24,27H,13-18H2,1-2H3,(H,28,32)(H,29,33)/t24-/m1/s1. The third-order valence-corrected chi connectivity index (χ3v) is 6.56. The van der Waals surface area contributed by atoms with E-state index in [2.05, 4.69) is 45.1 Å². The summed E-state index contributed by atoms with van der Waals surface area (Å²) in [4.78, 5) is 29.4. The number of nitrogens with zero attached hydrogens (tertiary/aromatic N) is 2. The van der Waals surface area contributed by atoms with E-state index in [4.69, 9.17) is 0 Å². The summed E-state index contributed by atoms with van der Waals surface area (Å²) in [5.41, 5.74) is 3.94. The molecule has 1 atom stereocenters. The fourth-order valence-corrected chi connectivity index (χ4v) is 4.59. The van der Waals surface area contributed by atoms with Crippen molar-refractivity contribution in [1.29, 1.82) is 0 Å². The number of anilines is 1. The third kappa shape index (κ3) is 5.37. The van der Waals surface area contributed by atoms with Gasteiger partial charge in [-0.15, -0.1) is 0 Å². The van der Waals surface area contributed by atoms with Crippen molar-refractivity contribution in [1.82, 2.24) is 20.9 Å². The Kier molecular flexibility index (Phi) is 7.29. The Labute approximate surface area is 195 Å². The minimum absolute atomic E-state index is 0.381. The van der Waals surface area contributed by atoms with Crippen LogP contribution in [-0.2, 0) is 0 Å². The summed E-state index contributed by atoms with van der Waals surface area (Å²) in [5, 5.41) is 9.28. The van der Waals surface area contributed by atoms with Gasteiger partial charge in [0.25, 0.3) is 0 Å². The quantitative estimate of drug-likeness (QED) is 0.585. The van der Waals surface area contributed by atoms with Crippen molar-refractivity contribution in [2.24, 2.45) is 0 Å². The SMILES string of the molecule is CC1=C(C)[C@H](c2ccccc2)N(C(=O)NCCNC2CCN(c3ccccc3)CC2)C(=O)N1. The molecule has 7 heteroatoms. The van der Waals surface area contributed by atoms with Gasteiger partial charge in [0.05, 0.1) is 6.04 Å². The van der Waals surface area contributed by atoms with Crippen LogP contribution in [0.15, 0.2) is 71.9 Å². The number of amides is 4. The van der Waals surface area contributed by atoms with Crippen LogP contribution in [0.4, 0.5) is 15.3 Å². The van der Waals surface area contributed by atoms with Crippen LogP contribution in [0.3, 0.4) is 0 Å². The number of hydrogen-bond donors (Lipinski definition) is 3. The summed E-state index contributed by atoms with van der Waals surface area (Å²) in [6, 6.07) is 19.4. The molecule has 0 radical (unpaired) electrons. The van der Waals surface area contributed by atoms with Gasteiger partial charge in [-0.25, -0.2) is 14.5 Å². The van der Waals surface area contributed by atoms with Crippen molar-refractivity contribution in [2.45, 2.75) is 38.8 Å². The number of hydrogen-bond acceptors (Lipinski definition) is 4. The van der Waals surface area contributed by atoms with E-state index in [-0.39, 0.29) is 6.03 Å². The monoisotopic (exact) mass is 447 g/mol. The summed E-state index contributed by atoms with van der Waals surface area (Å²) in [6.07, 6.45) is 2.13. The summed E-state index contributed by atoms with van der Waals surface area (Å²) in [5.74, 6) is 0. The van der Waals surface area contributed by atoms with Crippen molar-refractivity contribution in [3.05, 3.63) is 77.5 Å². The largest absolute Gasteiger partial charge is 0.371 e. The molecule has 1 saturated heterocycles. The molecule has 2 heterocycles. The molecule has 0 bridgehead atoms. The van der Waals surface area contributed by atoms with E-state index in [0.29, 0.717) is 19.1 Å². The van der Waals surface area contributed by atoms with Gasteiger partial charge in [0.1, 0.15) is 0 Å². The molecule has 0 saturated carbocycles. The van der Waals surface area contributed by atoms with E-state index in [1.165, 1.54) is 10.6 Å². The van der Waals surface area contributed by atoms with Crippen LogP contribution in [0.25, 0.3) is 0 Å². The first-order chi connectivity index (χ1) is 16.0. The number of urea groups is 2.